The van der Waals surface area contributed by atoms with E-state index in [1.807, 2.05) is 60.7 Å². The van der Waals surface area contributed by atoms with Gasteiger partial charge in [0.05, 0.1) is 5.41 Å². The molecule has 3 heteroatoms. The number of alkyl halides is 2. The lowest BCUT2D eigenvalue weighted by molar-refractivity contribution is -0.120. The van der Waals surface area contributed by atoms with Gasteiger partial charge in [-0.05, 0) is 24.0 Å². The number of hydrogen-bond donors (Lipinski definition) is 0. The molecule has 1 nitrogen and oxygen atoms in total. The third-order valence-corrected chi connectivity index (χ3v) is 5.58. The number of halogens is 2. The SMILES string of the molecule is O=C1C(Br)(Br)CCC1(c1ccccc1)c1ccccc1. The van der Waals surface area contributed by atoms with Crippen LogP contribution in [0.2, 0.25) is 0 Å². The van der Waals surface area contributed by atoms with Crippen LogP contribution >= 0.6 is 31.9 Å². The van der Waals surface area contributed by atoms with Gasteiger partial charge in [0, 0.05) is 0 Å². The molecule has 2 aromatic rings. The van der Waals surface area contributed by atoms with Crippen molar-refractivity contribution in [2.24, 2.45) is 0 Å². The fourth-order valence-corrected chi connectivity index (χ4v) is 4.12. The largest absolute Gasteiger partial charge is 0.296 e. The summed E-state index contributed by atoms with van der Waals surface area (Å²) in [7, 11) is 0. The van der Waals surface area contributed by atoms with Crippen LogP contribution in [0.5, 0.6) is 0 Å². The Bertz CT molecular complexity index is 580. The maximum absolute atomic E-state index is 13.1. The summed E-state index contributed by atoms with van der Waals surface area (Å²) >= 11 is 7.09. The molecule has 0 heterocycles. The Hall–Kier alpha value is -0.930. The molecular formula is C17H14Br2O. The maximum atomic E-state index is 13.1. The van der Waals surface area contributed by atoms with Crippen LogP contribution in [0, 0.1) is 0 Å². The normalized spacial score (nSPS) is 20.0. The van der Waals surface area contributed by atoms with Gasteiger partial charge in [-0.15, -0.1) is 0 Å². The molecule has 20 heavy (non-hydrogen) atoms. The van der Waals surface area contributed by atoms with Crippen molar-refractivity contribution >= 4 is 37.6 Å². The van der Waals surface area contributed by atoms with Gasteiger partial charge in [0.2, 0.25) is 0 Å². The van der Waals surface area contributed by atoms with Gasteiger partial charge >= 0.3 is 0 Å². The number of ketones is 1. The van der Waals surface area contributed by atoms with Crippen LogP contribution in [-0.4, -0.2) is 9.02 Å². The average molecular weight is 394 g/mol. The van der Waals surface area contributed by atoms with E-state index in [0.29, 0.717) is 0 Å². The zero-order valence-electron chi connectivity index (χ0n) is 10.9. The Morgan fingerprint density at radius 1 is 0.750 bits per heavy atom. The van der Waals surface area contributed by atoms with Crippen LogP contribution in [0.1, 0.15) is 24.0 Å². The number of rotatable bonds is 2. The molecule has 1 fully saturated rings. The van der Waals surface area contributed by atoms with Crippen LogP contribution in [0.4, 0.5) is 0 Å². The molecule has 1 saturated carbocycles. The molecule has 0 N–H and O–H groups in total. The minimum absolute atomic E-state index is 0.183. The molecule has 0 atom stereocenters. The van der Waals surface area contributed by atoms with Crippen molar-refractivity contribution in [3.8, 4) is 0 Å². The van der Waals surface area contributed by atoms with E-state index >= 15 is 0 Å². The third-order valence-electron chi connectivity index (χ3n) is 4.07. The van der Waals surface area contributed by atoms with Crippen molar-refractivity contribution in [1.29, 1.82) is 0 Å². The highest BCUT2D eigenvalue weighted by Gasteiger charge is 2.56. The molecule has 0 aromatic heterocycles. The molecule has 0 amide bonds. The molecule has 3 rings (SSSR count). The summed E-state index contributed by atoms with van der Waals surface area (Å²) < 4.78 is -0.619. The summed E-state index contributed by atoms with van der Waals surface area (Å²) in [6, 6.07) is 20.1. The molecule has 0 bridgehead atoms. The topological polar surface area (TPSA) is 17.1 Å². The van der Waals surface area contributed by atoms with Crippen LogP contribution < -0.4 is 0 Å². The van der Waals surface area contributed by atoms with Gasteiger partial charge in [0.25, 0.3) is 0 Å². The van der Waals surface area contributed by atoms with Gasteiger partial charge in [-0.2, -0.15) is 0 Å². The molecule has 2 aromatic carbocycles. The Morgan fingerprint density at radius 2 is 1.20 bits per heavy atom. The monoisotopic (exact) mass is 392 g/mol. The summed E-state index contributed by atoms with van der Waals surface area (Å²) in [4.78, 5) is 13.1. The number of carbonyl (C=O) groups is 1. The van der Waals surface area contributed by atoms with Crippen LogP contribution in [-0.2, 0) is 10.2 Å². The van der Waals surface area contributed by atoms with E-state index in [1.54, 1.807) is 0 Å². The summed E-state index contributed by atoms with van der Waals surface area (Å²) in [5, 5.41) is 0. The Labute approximate surface area is 135 Å². The standard InChI is InChI=1S/C17H14Br2O/c18-17(19)12-11-16(15(17)20,13-7-3-1-4-8-13)14-9-5-2-6-10-14/h1-10H,11-12H2. The highest BCUT2D eigenvalue weighted by atomic mass is 79.9. The molecule has 0 spiro atoms. The molecule has 0 saturated heterocycles. The van der Waals surface area contributed by atoms with E-state index in [4.69, 9.17) is 0 Å². The summed E-state index contributed by atoms with van der Waals surface area (Å²) in [5.74, 6) is 0.183. The first kappa shape index (κ1) is 14.0. The second-order valence-electron chi connectivity index (χ2n) is 5.17. The van der Waals surface area contributed by atoms with E-state index in [9.17, 15) is 4.79 Å². The first-order valence-corrected chi connectivity index (χ1v) is 8.20. The Balaban J connectivity index is 2.23. The Morgan fingerprint density at radius 3 is 1.55 bits per heavy atom. The van der Waals surface area contributed by atoms with Crippen LogP contribution in [0.3, 0.4) is 0 Å². The molecule has 1 aliphatic carbocycles. The zero-order chi connectivity index (χ0) is 14.2. The smallest absolute Gasteiger partial charge is 0.175 e. The minimum atomic E-state index is -0.619. The highest BCUT2D eigenvalue weighted by molar-refractivity contribution is 9.26. The second kappa shape index (κ2) is 5.12. The van der Waals surface area contributed by atoms with Crippen molar-refractivity contribution < 1.29 is 4.79 Å². The van der Waals surface area contributed by atoms with Crippen molar-refractivity contribution in [2.75, 3.05) is 0 Å². The van der Waals surface area contributed by atoms with Gasteiger partial charge in [0.1, 0.15) is 3.23 Å². The third kappa shape index (κ3) is 2.08. The van der Waals surface area contributed by atoms with Gasteiger partial charge in [-0.1, -0.05) is 92.5 Å². The van der Waals surface area contributed by atoms with Crippen molar-refractivity contribution in [3.05, 3.63) is 71.8 Å². The molecular weight excluding hydrogens is 380 g/mol. The van der Waals surface area contributed by atoms with Gasteiger partial charge in [-0.25, -0.2) is 0 Å². The van der Waals surface area contributed by atoms with Crippen LogP contribution in [0.15, 0.2) is 60.7 Å². The fraction of sp³-hybridized carbons (Fsp3) is 0.235. The van der Waals surface area contributed by atoms with E-state index in [1.165, 1.54) is 0 Å². The highest BCUT2D eigenvalue weighted by Crippen LogP contribution is 2.53. The lowest BCUT2D eigenvalue weighted by Gasteiger charge is -2.30. The second-order valence-corrected chi connectivity index (χ2v) is 8.94. The predicted octanol–water partition coefficient (Wildman–Crippen LogP) is 4.82. The van der Waals surface area contributed by atoms with E-state index in [2.05, 4.69) is 31.9 Å². The van der Waals surface area contributed by atoms with E-state index in [-0.39, 0.29) is 5.78 Å². The van der Waals surface area contributed by atoms with E-state index in [0.717, 1.165) is 24.0 Å². The number of hydrogen-bond acceptors (Lipinski definition) is 1. The minimum Gasteiger partial charge on any atom is -0.296 e. The molecule has 0 aliphatic heterocycles. The first-order chi connectivity index (χ1) is 9.57. The quantitative estimate of drug-likeness (QED) is 0.668. The molecule has 0 radical (unpaired) electrons. The van der Waals surface area contributed by atoms with Gasteiger partial charge in [0.15, 0.2) is 5.78 Å². The van der Waals surface area contributed by atoms with Crippen molar-refractivity contribution in [2.45, 2.75) is 21.5 Å². The van der Waals surface area contributed by atoms with Gasteiger partial charge in [-0.3, -0.25) is 4.79 Å². The molecule has 102 valence electrons. The van der Waals surface area contributed by atoms with Crippen molar-refractivity contribution in [3.63, 3.8) is 0 Å². The Kier molecular flexibility index (Phi) is 3.59. The molecule has 0 unspecified atom stereocenters. The van der Waals surface area contributed by atoms with E-state index < -0.39 is 8.65 Å². The maximum Gasteiger partial charge on any atom is 0.175 e. The predicted molar refractivity (Wildman–Crippen MR) is 88.5 cm³/mol. The lowest BCUT2D eigenvalue weighted by Crippen LogP contribution is -2.37. The fourth-order valence-electron chi connectivity index (χ4n) is 3.05. The summed E-state index contributed by atoms with van der Waals surface area (Å²) in [6.07, 6.45) is 1.58. The first-order valence-electron chi connectivity index (χ1n) is 6.61. The number of carbonyl (C=O) groups excluding carboxylic acids is 1. The zero-order valence-corrected chi connectivity index (χ0v) is 14.0. The van der Waals surface area contributed by atoms with Gasteiger partial charge < -0.3 is 0 Å². The summed E-state index contributed by atoms with van der Waals surface area (Å²) in [5.41, 5.74) is 1.57. The summed E-state index contributed by atoms with van der Waals surface area (Å²) in [6.45, 7) is 0. The van der Waals surface area contributed by atoms with Crippen molar-refractivity contribution in [1.82, 2.24) is 0 Å². The van der Waals surface area contributed by atoms with Crippen LogP contribution in [0.25, 0.3) is 0 Å². The average Bonchev–Trinajstić information content (AvgIpc) is 2.73. The molecule has 1 aliphatic rings. The lowest BCUT2D eigenvalue weighted by atomic mass is 9.72. The number of Topliss-reactive ketones (excluding diaryl/α,β-unsaturated/α-hetero) is 1. The number of benzene rings is 2.